The lowest BCUT2D eigenvalue weighted by Gasteiger charge is -2.26. The van der Waals surface area contributed by atoms with E-state index in [1.165, 1.54) is 18.2 Å². The van der Waals surface area contributed by atoms with Gasteiger partial charge in [-0.3, -0.25) is 4.79 Å². The van der Waals surface area contributed by atoms with Crippen LogP contribution in [0.25, 0.3) is 0 Å². The number of hydrogen-bond donors (Lipinski definition) is 1. The van der Waals surface area contributed by atoms with Gasteiger partial charge in [-0.1, -0.05) is 18.2 Å². The van der Waals surface area contributed by atoms with Crippen molar-refractivity contribution in [2.24, 2.45) is 0 Å². The normalized spacial score (nSPS) is 18.3. The molecule has 0 bridgehead atoms. The van der Waals surface area contributed by atoms with E-state index in [2.05, 4.69) is 4.72 Å². The quantitative estimate of drug-likeness (QED) is 0.763. The molecule has 0 aliphatic carbocycles. The number of sulfonamides is 1. The van der Waals surface area contributed by atoms with E-state index in [0.29, 0.717) is 31.3 Å². The number of nitrogens with one attached hydrogen (secondary N) is 1. The summed E-state index contributed by atoms with van der Waals surface area (Å²) in [4.78, 5) is 14.4. The van der Waals surface area contributed by atoms with Gasteiger partial charge in [0.2, 0.25) is 15.9 Å². The maximum absolute atomic E-state index is 12.9. The highest BCUT2D eigenvalue weighted by Crippen LogP contribution is 2.37. The van der Waals surface area contributed by atoms with Gasteiger partial charge in [-0.25, -0.2) is 13.1 Å². The number of nitriles is 1. The van der Waals surface area contributed by atoms with Gasteiger partial charge >= 0.3 is 0 Å². The highest BCUT2D eigenvalue weighted by molar-refractivity contribution is 7.89. The summed E-state index contributed by atoms with van der Waals surface area (Å²) in [5, 5.41) is 9.16. The predicted molar refractivity (Wildman–Crippen MR) is 112 cm³/mol. The van der Waals surface area contributed by atoms with Crippen molar-refractivity contribution < 1.29 is 22.7 Å². The largest absolute Gasteiger partial charge is 0.490 e. The second-order valence-corrected chi connectivity index (χ2v) is 9.17. The fourth-order valence-corrected chi connectivity index (χ4v) is 5.06. The third kappa shape index (κ3) is 4.50. The van der Waals surface area contributed by atoms with Crippen molar-refractivity contribution in [3.8, 4) is 17.6 Å². The number of amides is 1. The molecule has 8 nitrogen and oxygen atoms in total. The second-order valence-electron chi connectivity index (χ2n) is 7.43. The molecule has 1 N–H and O–H groups in total. The molecule has 0 radical (unpaired) electrons. The predicted octanol–water partition coefficient (Wildman–Crippen LogP) is 2.36. The Kier molecular flexibility index (Phi) is 6.11. The number of fused-ring (bicyclic) bond motifs is 1. The molecule has 1 atom stereocenters. The van der Waals surface area contributed by atoms with Crippen LogP contribution in [0.1, 0.15) is 36.4 Å². The molecule has 2 aliphatic heterocycles. The van der Waals surface area contributed by atoms with E-state index in [4.69, 9.17) is 14.7 Å². The lowest BCUT2D eigenvalue weighted by atomic mass is 10.0. The third-order valence-electron chi connectivity index (χ3n) is 5.44. The van der Waals surface area contributed by atoms with Gasteiger partial charge in [0.05, 0.1) is 36.3 Å². The average molecular weight is 442 g/mol. The number of benzene rings is 2. The van der Waals surface area contributed by atoms with Gasteiger partial charge in [0.15, 0.2) is 11.5 Å². The summed E-state index contributed by atoms with van der Waals surface area (Å²) in [7, 11) is -3.98. The number of carbonyl (C=O) groups is 1. The molecular weight excluding hydrogens is 418 g/mol. The van der Waals surface area contributed by atoms with Gasteiger partial charge < -0.3 is 14.4 Å². The van der Waals surface area contributed by atoms with Gasteiger partial charge in [-0.15, -0.1) is 0 Å². The van der Waals surface area contributed by atoms with Crippen LogP contribution in [0.3, 0.4) is 0 Å². The van der Waals surface area contributed by atoms with Crippen molar-refractivity contribution >= 4 is 15.9 Å². The monoisotopic (exact) mass is 441 g/mol. The van der Waals surface area contributed by atoms with Crippen molar-refractivity contribution in [1.82, 2.24) is 9.62 Å². The molecule has 2 heterocycles. The average Bonchev–Trinajstić information content (AvgIpc) is 3.16. The van der Waals surface area contributed by atoms with Crippen molar-refractivity contribution in [2.45, 2.75) is 30.2 Å². The summed E-state index contributed by atoms with van der Waals surface area (Å²) < 4.78 is 39.0. The molecule has 2 aromatic rings. The van der Waals surface area contributed by atoms with Crippen LogP contribution in [0.2, 0.25) is 0 Å². The van der Waals surface area contributed by atoms with Crippen LogP contribution in [0, 0.1) is 11.3 Å². The zero-order chi connectivity index (χ0) is 21.8. The summed E-state index contributed by atoms with van der Waals surface area (Å²) in [5.41, 5.74) is 0.974. The third-order valence-corrected chi connectivity index (χ3v) is 6.90. The van der Waals surface area contributed by atoms with Gasteiger partial charge in [-0.05, 0) is 42.7 Å². The molecule has 1 amide bonds. The van der Waals surface area contributed by atoms with E-state index in [1.807, 2.05) is 24.3 Å². The number of likely N-dealkylation sites (tertiary alicyclic amines) is 1. The Morgan fingerprint density at radius 1 is 1.13 bits per heavy atom. The summed E-state index contributed by atoms with van der Waals surface area (Å²) in [6.07, 6.45) is 2.43. The van der Waals surface area contributed by atoms with Crippen LogP contribution < -0.4 is 14.2 Å². The summed E-state index contributed by atoms with van der Waals surface area (Å²) in [6, 6.07) is 13.3. The van der Waals surface area contributed by atoms with Crippen LogP contribution >= 0.6 is 0 Å². The molecule has 31 heavy (non-hydrogen) atoms. The lowest BCUT2D eigenvalue weighted by Crippen LogP contribution is -2.40. The minimum atomic E-state index is -3.98. The minimum absolute atomic E-state index is 0.0358. The van der Waals surface area contributed by atoms with Gasteiger partial charge in [0, 0.05) is 13.0 Å². The van der Waals surface area contributed by atoms with Gasteiger partial charge in [0.1, 0.15) is 6.07 Å². The first kappa shape index (κ1) is 21.2. The molecule has 0 spiro atoms. The molecular formula is C22H23N3O5S. The summed E-state index contributed by atoms with van der Waals surface area (Å²) >= 11 is 0. The fraction of sp³-hybridized carbons (Fsp3) is 0.364. The Morgan fingerprint density at radius 2 is 1.90 bits per heavy atom. The molecule has 2 aromatic carbocycles. The SMILES string of the molecule is N#Cc1ccccc1S(=O)(=O)NCC(=O)N1CCCC1c1ccc2c(c1)OCCCO2. The van der Waals surface area contributed by atoms with Crippen LogP contribution in [0.4, 0.5) is 0 Å². The molecule has 4 rings (SSSR count). The number of carbonyl (C=O) groups excluding carboxylic acids is 1. The first-order valence-electron chi connectivity index (χ1n) is 10.2. The first-order valence-corrected chi connectivity index (χ1v) is 11.7. The summed E-state index contributed by atoms with van der Waals surface area (Å²) in [5.74, 6) is 1.05. The van der Waals surface area contributed by atoms with E-state index in [-0.39, 0.29) is 29.0 Å². The Hall–Kier alpha value is -3.09. The maximum atomic E-state index is 12.9. The smallest absolute Gasteiger partial charge is 0.242 e. The Bertz CT molecular complexity index is 1130. The Morgan fingerprint density at radius 3 is 2.71 bits per heavy atom. The van der Waals surface area contributed by atoms with Crippen LogP contribution in [-0.2, 0) is 14.8 Å². The van der Waals surface area contributed by atoms with Crippen molar-refractivity contribution in [3.63, 3.8) is 0 Å². The Labute approximate surface area is 181 Å². The molecule has 1 unspecified atom stereocenters. The standard InChI is InChI=1S/C22H23N3O5S/c23-14-17-5-1-2-7-21(17)31(27,28)24-15-22(26)25-10-3-6-18(25)16-8-9-19-20(13-16)30-12-4-11-29-19/h1-2,5,7-9,13,18,24H,3-4,6,10-12,15H2. The molecule has 9 heteroatoms. The molecule has 0 saturated carbocycles. The van der Waals surface area contributed by atoms with Crippen LogP contribution in [0.15, 0.2) is 47.4 Å². The van der Waals surface area contributed by atoms with E-state index < -0.39 is 10.0 Å². The van der Waals surface area contributed by atoms with Gasteiger partial charge in [0.25, 0.3) is 0 Å². The van der Waals surface area contributed by atoms with E-state index >= 15 is 0 Å². The number of hydrogen-bond acceptors (Lipinski definition) is 6. The second kappa shape index (κ2) is 8.96. The molecule has 1 saturated heterocycles. The lowest BCUT2D eigenvalue weighted by molar-refractivity contribution is -0.130. The molecule has 162 valence electrons. The molecule has 2 aliphatic rings. The van der Waals surface area contributed by atoms with Crippen LogP contribution in [0.5, 0.6) is 11.5 Å². The molecule has 0 aromatic heterocycles. The molecule has 1 fully saturated rings. The first-order chi connectivity index (χ1) is 15.0. The zero-order valence-corrected chi connectivity index (χ0v) is 17.7. The van der Waals surface area contributed by atoms with Crippen molar-refractivity contribution in [1.29, 1.82) is 5.26 Å². The van der Waals surface area contributed by atoms with Crippen LogP contribution in [-0.4, -0.2) is 45.5 Å². The highest BCUT2D eigenvalue weighted by atomic mass is 32.2. The van der Waals surface area contributed by atoms with Crippen molar-refractivity contribution in [3.05, 3.63) is 53.6 Å². The summed E-state index contributed by atoms with van der Waals surface area (Å²) in [6.45, 7) is 1.36. The zero-order valence-electron chi connectivity index (χ0n) is 16.9. The Balaban J connectivity index is 1.47. The highest BCUT2D eigenvalue weighted by Gasteiger charge is 2.31. The fourth-order valence-electron chi connectivity index (χ4n) is 3.93. The number of rotatable bonds is 5. The van der Waals surface area contributed by atoms with E-state index in [0.717, 1.165) is 24.8 Å². The number of ether oxygens (including phenoxy) is 2. The topological polar surface area (TPSA) is 109 Å². The maximum Gasteiger partial charge on any atom is 0.242 e. The van der Waals surface area contributed by atoms with Gasteiger partial charge in [-0.2, -0.15) is 5.26 Å². The van der Waals surface area contributed by atoms with Crippen molar-refractivity contribution in [2.75, 3.05) is 26.3 Å². The van der Waals surface area contributed by atoms with E-state index in [1.54, 1.807) is 11.0 Å². The minimum Gasteiger partial charge on any atom is -0.490 e. The van der Waals surface area contributed by atoms with E-state index in [9.17, 15) is 13.2 Å². The number of nitrogens with zero attached hydrogens (tertiary/aromatic N) is 2.